The summed E-state index contributed by atoms with van der Waals surface area (Å²) in [6.07, 6.45) is 3.76. The summed E-state index contributed by atoms with van der Waals surface area (Å²) in [6.45, 7) is 7.34. The summed E-state index contributed by atoms with van der Waals surface area (Å²) < 4.78 is 48.6. The molecule has 1 N–H and O–H groups in total. The smallest absolute Gasteiger partial charge is 0.309 e. The summed E-state index contributed by atoms with van der Waals surface area (Å²) in [4.78, 5) is 21.9. The summed E-state index contributed by atoms with van der Waals surface area (Å²) in [5.41, 5.74) is 1.37. The molecule has 0 aromatic heterocycles. The van der Waals surface area contributed by atoms with Gasteiger partial charge in [-0.25, -0.2) is 13.2 Å². The number of hydrogen-bond acceptors (Lipinski definition) is 6. The average Bonchev–Trinajstić information content (AvgIpc) is 3.66. The zero-order valence-electron chi connectivity index (χ0n) is 22.8. The van der Waals surface area contributed by atoms with E-state index < -0.39 is 28.8 Å². The molecule has 0 atom stereocenters. The van der Waals surface area contributed by atoms with E-state index in [0.29, 0.717) is 69.9 Å². The summed E-state index contributed by atoms with van der Waals surface area (Å²) in [5.74, 6) is -3.04. The van der Waals surface area contributed by atoms with Crippen LogP contribution in [-0.4, -0.2) is 65.1 Å². The van der Waals surface area contributed by atoms with Crippen LogP contribution in [0.5, 0.6) is 5.75 Å². The van der Waals surface area contributed by atoms with Crippen LogP contribution in [-0.2, 0) is 16.2 Å². The second kappa shape index (κ2) is 9.98. The molecule has 10 heteroatoms. The van der Waals surface area contributed by atoms with Gasteiger partial charge < -0.3 is 19.6 Å². The van der Waals surface area contributed by atoms with Gasteiger partial charge in [0, 0.05) is 43.9 Å². The van der Waals surface area contributed by atoms with Gasteiger partial charge in [-0.05, 0) is 74.8 Å². The molecule has 0 bridgehead atoms. The molecule has 0 amide bonds. The summed E-state index contributed by atoms with van der Waals surface area (Å²) in [5, 5.41) is 13.9. The molecule has 3 aliphatic heterocycles. The van der Waals surface area contributed by atoms with Gasteiger partial charge in [0.1, 0.15) is 11.6 Å². The van der Waals surface area contributed by atoms with Crippen molar-refractivity contribution in [2.45, 2.75) is 64.0 Å². The predicted molar refractivity (Wildman–Crippen MR) is 143 cm³/mol. The Morgan fingerprint density at radius 2 is 1.88 bits per heavy atom. The van der Waals surface area contributed by atoms with Crippen LogP contribution in [0.15, 0.2) is 29.4 Å². The molecule has 3 fully saturated rings. The van der Waals surface area contributed by atoms with Crippen molar-refractivity contribution in [3.05, 3.63) is 52.8 Å². The topological polar surface area (TPSA) is 74.6 Å². The molecule has 1 aliphatic carbocycles. The van der Waals surface area contributed by atoms with Crippen LogP contribution < -0.4 is 4.74 Å². The largest absolute Gasteiger partial charge is 0.493 e. The van der Waals surface area contributed by atoms with Crippen LogP contribution >= 0.6 is 0 Å². The Morgan fingerprint density at radius 1 is 1.15 bits per heavy atom. The van der Waals surface area contributed by atoms with Crippen LogP contribution in [0.3, 0.4) is 0 Å². The fraction of sp³-hybridized carbons (Fsp3) is 0.533. The van der Waals surface area contributed by atoms with Crippen molar-refractivity contribution in [2.75, 3.05) is 32.8 Å². The standard InChI is InChI=1S/C30H34F3N3O4/c1-3-39-23-13-18(12-21(19-4-5-19)25(23)20-6-7-22(31)27(33)26(20)32)15-35-16-30(17-35)14-24(34-40-30)36-10-8-29(2,9-11-36)28(37)38/h6-7,12-13,19H,3-5,8-11,14-17H2,1-2H3,(H,37,38). The molecule has 0 unspecified atom stereocenters. The van der Waals surface area contributed by atoms with Crippen molar-refractivity contribution in [2.24, 2.45) is 10.6 Å². The quantitative estimate of drug-likeness (QED) is 0.452. The number of nitrogens with zero attached hydrogens (tertiary/aromatic N) is 3. The zero-order valence-corrected chi connectivity index (χ0v) is 22.8. The van der Waals surface area contributed by atoms with Crippen molar-refractivity contribution in [1.29, 1.82) is 0 Å². The fourth-order valence-electron chi connectivity index (χ4n) is 6.23. The lowest BCUT2D eigenvalue weighted by molar-refractivity contribution is -0.150. The highest BCUT2D eigenvalue weighted by molar-refractivity contribution is 5.85. The number of carboxylic acids is 1. The van der Waals surface area contributed by atoms with Crippen molar-refractivity contribution in [3.8, 4) is 16.9 Å². The van der Waals surface area contributed by atoms with E-state index in [2.05, 4.69) is 15.0 Å². The number of aliphatic carboxylic acids is 1. The molecule has 2 aromatic rings. The number of hydrogen-bond donors (Lipinski definition) is 1. The van der Waals surface area contributed by atoms with E-state index in [0.717, 1.165) is 35.9 Å². The van der Waals surface area contributed by atoms with E-state index in [1.54, 1.807) is 6.92 Å². The first kappa shape index (κ1) is 26.9. The Bertz CT molecular complexity index is 1360. The molecule has 2 aromatic carbocycles. The van der Waals surface area contributed by atoms with Gasteiger partial charge in [-0.15, -0.1) is 0 Å². The number of halogens is 3. The van der Waals surface area contributed by atoms with Gasteiger partial charge in [0.05, 0.1) is 18.4 Å². The Morgan fingerprint density at radius 3 is 2.52 bits per heavy atom. The molecular weight excluding hydrogens is 523 g/mol. The van der Waals surface area contributed by atoms with Crippen LogP contribution in [0, 0.1) is 22.9 Å². The number of likely N-dealkylation sites (tertiary alicyclic amines) is 2. The van der Waals surface area contributed by atoms with Gasteiger partial charge in [0.15, 0.2) is 23.1 Å². The van der Waals surface area contributed by atoms with Gasteiger partial charge in [-0.2, -0.15) is 0 Å². The lowest BCUT2D eigenvalue weighted by atomic mass is 9.80. The summed E-state index contributed by atoms with van der Waals surface area (Å²) in [7, 11) is 0. The number of piperidine rings is 1. The van der Waals surface area contributed by atoms with Crippen molar-refractivity contribution < 1.29 is 32.6 Å². The van der Waals surface area contributed by atoms with E-state index in [-0.39, 0.29) is 17.1 Å². The Balaban J connectivity index is 1.15. The Kier molecular flexibility index (Phi) is 6.71. The van der Waals surface area contributed by atoms with Crippen LogP contribution in [0.1, 0.15) is 63.0 Å². The molecule has 0 radical (unpaired) electrons. The molecule has 40 heavy (non-hydrogen) atoms. The van der Waals surface area contributed by atoms with Crippen molar-refractivity contribution >= 4 is 11.8 Å². The van der Waals surface area contributed by atoms with Crippen LogP contribution in [0.2, 0.25) is 0 Å². The van der Waals surface area contributed by atoms with E-state index >= 15 is 0 Å². The third-order valence-corrected chi connectivity index (χ3v) is 8.82. The Labute approximate surface area is 231 Å². The molecule has 3 heterocycles. The van der Waals surface area contributed by atoms with E-state index in [1.165, 1.54) is 6.07 Å². The minimum atomic E-state index is -1.48. The SMILES string of the molecule is CCOc1cc(CN2CC3(CC(N4CCC(C)(C(=O)O)CC4)=NO3)C2)cc(C2CC2)c1-c1ccc(F)c(F)c1F. The molecule has 4 aliphatic rings. The number of oxime groups is 1. The predicted octanol–water partition coefficient (Wildman–Crippen LogP) is 5.52. The first-order valence-corrected chi connectivity index (χ1v) is 14.0. The second-order valence-corrected chi connectivity index (χ2v) is 11.9. The molecule has 1 saturated carbocycles. The molecule has 2 saturated heterocycles. The van der Waals surface area contributed by atoms with Gasteiger partial charge in [-0.3, -0.25) is 9.69 Å². The first-order valence-electron chi connectivity index (χ1n) is 14.0. The molecular formula is C30H34F3N3O4. The maximum atomic E-state index is 14.9. The van der Waals surface area contributed by atoms with Gasteiger partial charge in [0.2, 0.25) is 0 Å². The van der Waals surface area contributed by atoms with E-state index in [1.807, 2.05) is 19.1 Å². The number of carboxylic acid groups (broad SMARTS) is 1. The third kappa shape index (κ3) is 4.80. The monoisotopic (exact) mass is 557 g/mol. The lowest BCUT2D eigenvalue weighted by Crippen LogP contribution is -2.61. The number of amidine groups is 1. The minimum Gasteiger partial charge on any atom is -0.493 e. The maximum absolute atomic E-state index is 14.9. The first-order chi connectivity index (χ1) is 19.1. The summed E-state index contributed by atoms with van der Waals surface area (Å²) in [6, 6.07) is 6.17. The molecule has 214 valence electrons. The van der Waals surface area contributed by atoms with Crippen molar-refractivity contribution in [1.82, 2.24) is 9.80 Å². The minimum absolute atomic E-state index is 0.0177. The Hall–Kier alpha value is -3.27. The van der Waals surface area contributed by atoms with Gasteiger partial charge in [-0.1, -0.05) is 11.2 Å². The van der Waals surface area contributed by atoms with E-state index in [4.69, 9.17) is 9.57 Å². The molecule has 1 spiro atoms. The maximum Gasteiger partial charge on any atom is 0.309 e. The van der Waals surface area contributed by atoms with Gasteiger partial charge in [0.25, 0.3) is 0 Å². The highest BCUT2D eigenvalue weighted by atomic mass is 19.2. The molecule has 6 rings (SSSR count). The lowest BCUT2D eigenvalue weighted by Gasteiger charge is -2.45. The zero-order chi connectivity index (χ0) is 28.2. The molecule has 7 nitrogen and oxygen atoms in total. The number of carbonyl (C=O) groups is 1. The number of rotatable bonds is 7. The van der Waals surface area contributed by atoms with E-state index in [9.17, 15) is 23.1 Å². The normalized spacial score (nSPS) is 21.6. The number of ether oxygens (including phenoxy) is 1. The third-order valence-electron chi connectivity index (χ3n) is 8.82. The van der Waals surface area contributed by atoms with Crippen LogP contribution in [0.25, 0.3) is 11.1 Å². The second-order valence-electron chi connectivity index (χ2n) is 11.9. The van der Waals surface area contributed by atoms with Crippen LogP contribution in [0.4, 0.5) is 13.2 Å². The fourth-order valence-corrected chi connectivity index (χ4v) is 6.23. The van der Waals surface area contributed by atoms with Crippen molar-refractivity contribution in [3.63, 3.8) is 0 Å². The number of benzene rings is 2. The summed E-state index contributed by atoms with van der Waals surface area (Å²) >= 11 is 0. The highest BCUT2D eigenvalue weighted by Crippen LogP contribution is 2.49. The highest BCUT2D eigenvalue weighted by Gasteiger charge is 2.51. The van der Waals surface area contributed by atoms with Gasteiger partial charge >= 0.3 is 5.97 Å². The average molecular weight is 558 g/mol.